The number of amides is 1. The molecule has 0 radical (unpaired) electrons. The van der Waals surface area contributed by atoms with E-state index in [0.717, 1.165) is 22.0 Å². The summed E-state index contributed by atoms with van der Waals surface area (Å²) >= 11 is 0. The number of aromatic nitrogens is 1. The number of aromatic amines is 1. The fourth-order valence-corrected chi connectivity index (χ4v) is 3.04. The van der Waals surface area contributed by atoms with E-state index in [1.165, 1.54) is 7.11 Å². The number of methoxy groups -OCH3 is 1. The number of hydrogen-bond acceptors (Lipinski definition) is 6. The standard InChI is InChI=1S/C22H23N3O5/c1-29-22(27)20(14-30-13-15-7-3-2-4-8-15)24-21(26)19(25-28)11-16-12-23-18-10-6-5-9-17(16)18/h2-10,12,20,23,28H,11,13-14H2,1H3,(H,24,26)/b25-19-/t20-/m0/s1. The third-order valence-corrected chi connectivity index (χ3v) is 4.60. The van der Waals surface area contributed by atoms with Crippen LogP contribution in [0.4, 0.5) is 0 Å². The third-order valence-electron chi connectivity index (χ3n) is 4.60. The van der Waals surface area contributed by atoms with Gasteiger partial charge in [0.15, 0.2) is 6.04 Å². The van der Waals surface area contributed by atoms with Gasteiger partial charge in [0.05, 0.1) is 20.3 Å². The highest BCUT2D eigenvalue weighted by Gasteiger charge is 2.25. The maximum Gasteiger partial charge on any atom is 0.330 e. The Bertz CT molecular complexity index is 1030. The van der Waals surface area contributed by atoms with Crippen molar-refractivity contribution >= 4 is 28.5 Å². The second kappa shape index (κ2) is 10.2. The molecule has 156 valence electrons. The second-order valence-electron chi connectivity index (χ2n) is 6.63. The molecule has 1 heterocycles. The van der Waals surface area contributed by atoms with Crippen molar-refractivity contribution in [2.24, 2.45) is 5.16 Å². The molecule has 3 aromatic rings. The molecule has 0 saturated heterocycles. The van der Waals surface area contributed by atoms with Crippen molar-refractivity contribution in [1.82, 2.24) is 10.3 Å². The number of esters is 1. The van der Waals surface area contributed by atoms with Gasteiger partial charge in [-0.05, 0) is 17.2 Å². The van der Waals surface area contributed by atoms with Crippen LogP contribution in [-0.2, 0) is 32.1 Å². The van der Waals surface area contributed by atoms with Crippen LogP contribution in [0.15, 0.2) is 65.9 Å². The van der Waals surface area contributed by atoms with Gasteiger partial charge in [-0.25, -0.2) is 4.79 Å². The van der Waals surface area contributed by atoms with E-state index in [2.05, 4.69) is 15.5 Å². The highest BCUT2D eigenvalue weighted by molar-refractivity contribution is 6.39. The van der Waals surface area contributed by atoms with Crippen molar-refractivity contribution in [2.45, 2.75) is 19.1 Å². The van der Waals surface area contributed by atoms with Gasteiger partial charge >= 0.3 is 5.97 Å². The maximum absolute atomic E-state index is 12.6. The number of nitrogens with zero attached hydrogens (tertiary/aromatic N) is 1. The van der Waals surface area contributed by atoms with Gasteiger partial charge < -0.3 is 25.0 Å². The minimum atomic E-state index is -1.04. The van der Waals surface area contributed by atoms with Crippen LogP contribution in [0.25, 0.3) is 10.9 Å². The Hall–Kier alpha value is -3.65. The SMILES string of the molecule is COC(=O)[C@H](COCc1ccccc1)NC(=O)/C(Cc1c[nH]c2ccccc12)=N\O. The molecule has 0 aliphatic carbocycles. The molecule has 0 bridgehead atoms. The molecular weight excluding hydrogens is 386 g/mol. The van der Waals surface area contributed by atoms with Crippen LogP contribution in [0.5, 0.6) is 0 Å². The Balaban J connectivity index is 1.63. The Kier molecular flexibility index (Phi) is 7.18. The second-order valence-corrected chi connectivity index (χ2v) is 6.63. The first-order valence-electron chi connectivity index (χ1n) is 9.38. The highest BCUT2D eigenvalue weighted by Crippen LogP contribution is 2.18. The molecule has 0 spiro atoms. The molecule has 1 atom stereocenters. The minimum Gasteiger partial charge on any atom is -0.467 e. The molecule has 8 heteroatoms. The number of hydrogen-bond donors (Lipinski definition) is 3. The number of rotatable bonds is 9. The average molecular weight is 409 g/mol. The highest BCUT2D eigenvalue weighted by atomic mass is 16.5. The molecule has 30 heavy (non-hydrogen) atoms. The molecule has 0 unspecified atom stereocenters. The van der Waals surface area contributed by atoms with Crippen molar-refractivity contribution < 1.29 is 24.3 Å². The van der Waals surface area contributed by atoms with Crippen LogP contribution in [0.2, 0.25) is 0 Å². The lowest BCUT2D eigenvalue weighted by Crippen LogP contribution is -2.47. The lowest BCUT2D eigenvalue weighted by molar-refractivity contribution is -0.146. The zero-order valence-electron chi connectivity index (χ0n) is 16.5. The van der Waals surface area contributed by atoms with Gasteiger partial charge in [-0.15, -0.1) is 0 Å². The Morgan fingerprint density at radius 2 is 1.87 bits per heavy atom. The molecule has 3 N–H and O–H groups in total. The van der Waals surface area contributed by atoms with E-state index in [9.17, 15) is 14.8 Å². The van der Waals surface area contributed by atoms with Crippen LogP contribution in [-0.4, -0.2) is 47.5 Å². The minimum absolute atomic E-state index is 0.0842. The summed E-state index contributed by atoms with van der Waals surface area (Å²) in [5, 5.41) is 15.9. The number of oxime groups is 1. The molecule has 1 amide bonds. The summed E-state index contributed by atoms with van der Waals surface area (Å²) < 4.78 is 10.3. The van der Waals surface area contributed by atoms with Crippen molar-refractivity contribution in [3.05, 3.63) is 71.9 Å². The molecule has 0 saturated carbocycles. The fourth-order valence-electron chi connectivity index (χ4n) is 3.04. The van der Waals surface area contributed by atoms with Crippen LogP contribution in [0.3, 0.4) is 0 Å². The molecular formula is C22H23N3O5. The zero-order chi connectivity index (χ0) is 21.3. The van der Waals surface area contributed by atoms with Crippen LogP contribution < -0.4 is 5.32 Å². The molecule has 3 rings (SSSR count). The first-order valence-corrected chi connectivity index (χ1v) is 9.38. The quantitative estimate of drug-likeness (QED) is 0.217. The normalized spacial score (nSPS) is 12.5. The average Bonchev–Trinajstić information content (AvgIpc) is 3.19. The Morgan fingerprint density at radius 1 is 1.13 bits per heavy atom. The molecule has 2 aromatic carbocycles. The Labute approximate surface area is 173 Å². The largest absolute Gasteiger partial charge is 0.467 e. The maximum atomic E-state index is 12.6. The monoisotopic (exact) mass is 409 g/mol. The van der Waals surface area contributed by atoms with Crippen molar-refractivity contribution in [3.63, 3.8) is 0 Å². The first-order chi connectivity index (χ1) is 14.6. The summed E-state index contributed by atoms with van der Waals surface area (Å²) in [4.78, 5) is 27.8. The molecule has 0 aliphatic rings. The van der Waals surface area contributed by atoms with Crippen molar-refractivity contribution in [2.75, 3.05) is 13.7 Å². The number of ether oxygens (including phenoxy) is 2. The number of nitrogens with one attached hydrogen (secondary N) is 2. The van der Waals surface area contributed by atoms with E-state index in [0.29, 0.717) is 0 Å². The van der Waals surface area contributed by atoms with Gasteiger partial charge in [0, 0.05) is 23.5 Å². The van der Waals surface area contributed by atoms with E-state index >= 15 is 0 Å². The van der Waals surface area contributed by atoms with Crippen LogP contribution in [0.1, 0.15) is 11.1 Å². The van der Waals surface area contributed by atoms with Crippen LogP contribution >= 0.6 is 0 Å². The molecule has 0 fully saturated rings. The molecule has 8 nitrogen and oxygen atoms in total. The predicted molar refractivity (Wildman–Crippen MR) is 111 cm³/mol. The van der Waals surface area contributed by atoms with Crippen molar-refractivity contribution in [1.29, 1.82) is 0 Å². The van der Waals surface area contributed by atoms with E-state index in [1.54, 1.807) is 6.20 Å². The number of benzene rings is 2. The summed E-state index contributed by atoms with van der Waals surface area (Å²) in [7, 11) is 1.23. The van der Waals surface area contributed by atoms with E-state index in [-0.39, 0.29) is 25.3 Å². The van der Waals surface area contributed by atoms with Gasteiger partial charge in [0.1, 0.15) is 5.71 Å². The van der Waals surface area contributed by atoms with Gasteiger partial charge in [0.25, 0.3) is 5.91 Å². The molecule has 0 aliphatic heterocycles. The molecule has 1 aromatic heterocycles. The summed E-state index contributed by atoms with van der Waals surface area (Å²) in [5.74, 6) is -1.33. The van der Waals surface area contributed by atoms with Gasteiger partial charge in [-0.3, -0.25) is 4.79 Å². The van der Waals surface area contributed by atoms with Gasteiger partial charge in [-0.1, -0.05) is 53.7 Å². The predicted octanol–water partition coefficient (Wildman–Crippen LogP) is 2.42. The number of para-hydroxylation sites is 1. The summed E-state index contributed by atoms with van der Waals surface area (Å²) in [6.07, 6.45) is 1.84. The summed E-state index contributed by atoms with van der Waals surface area (Å²) in [6, 6.07) is 16.0. The van der Waals surface area contributed by atoms with E-state index in [4.69, 9.17) is 9.47 Å². The first kappa shape index (κ1) is 21.1. The van der Waals surface area contributed by atoms with E-state index in [1.807, 2.05) is 54.6 Å². The lowest BCUT2D eigenvalue weighted by Gasteiger charge is -2.17. The van der Waals surface area contributed by atoms with E-state index < -0.39 is 17.9 Å². The smallest absolute Gasteiger partial charge is 0.330 e. The number of carbonyl (C=O) groups is 2. The number of fused-ring (bicyclic) bond motifs is 1. The van der Waals surface area contributed by atoms with Gasteiger partial charge in [-0.2, -0.15) is 0 Å². The van der Waals surface area contributed by atoms with Crippen molar-refractivity contribution in [3.8, 4) is 0 Å². The van der Waals surface area contributed by atoms with Gasteiger partial charge in [0.2, 0.25) is 0 Å². The fraction of sp³-hybridized carbons (Fsp3) is 0.227. The lowest BCUT2D eigenvalue weighted by atomic mass is 10.1. The summed E-state index contributed by atoms with van der Waals surface area (Å²) in [5.41, 5.74) is 2.51. The summed E-state index contributed by atoms with van der Waals surface area (Å²) in [6.45, 7) is 0.194. The number of H-pyrrole nitrogens is 1. The third kappa shape index (κ3) is 5.24. The van der Waals surface area contributed by atoms with Crippen LogP contribution in [0, 0.1) is 0 Å². The topological polar surface area (TPSA) is 113 Å². The zero-order valence-corrected chi connectivity index (χ0v) is 16.5. The Morgan fingerprint density at radius 3 is 2.60 bits per heavy atom. The number of carbonyl (C=O) groups excluding carboxylic acids is 2.